The molecule has 1 rings (SSSR count). The van der Waals surface area contributed by atoms with Crippen molar-refractivity contribution >= 4 is 17.3 Å². The number of anilines is 1. The first kappa shape index (κ1) is 14.8. The molecule has 0 aliphatic carbocycles. The van der Waals surface area contributed by atoms with Crippen LogP contribution in [-0.4, -0.2) is 40.2 Å². The lowest BCUT2D eigenvalue weighted by atomic mass is 10.1. The molecule has 0 heterocycles. The molecule has 104 valence electrons. The predicted molar refractivity (Wildman–Crippen MR) is 60.6 cm³/mol. The number of aliphatic hydroxyl groups is 1. The molecule has 0 unspecified atom stereocenters. The van der Waals surface area contributed by atoms with Crippen molar-refractivity contribution in [2.24, 2.45) is 0 Å². The van der Waals surface area contributed by atoms with E-state index < -0.39 is 35.7 Å². The van der Waals surface area contributed by atoms with Gasteiger partial charge in [0.15, 0.2) is 0 Å². The lowest BCUT2D eigenvalue weighted by molar-refractivity contribution is -0.384. The molecular weight excluding hydrogens is 266 g/mol. The number of alkyl halides is 2. The number of aliphatic hydroxyl groups excluding tert-OH is 1. The number of aromatic carboxylic acids is 1. The van der Waals surface area contributed by atoms with Crippen molar-refractivity contribution in [1.82, 2.24) is 0 Å². The average molecular weight is 276 g/mol. The fourth-order valence-electron chi connectivity index (χ4n) is 1.25. The van der Waals surface area contributed by atoms with E-state index in [1.54, 1.807) is 0 Å². The Morgan fingerprint density at radius 3 is 2.58 bits per heavy atom. The zero-order valence-corrected chi connectivity index (χ0v) is 9.47. The van der Waals surface area contributed by atoms with Crippen LogP contribution in [0.2, 0.25) is 0 Å². The Morgan fingerprint density at radius 1 is 1.47 bits per heavy atom. The van der Waals surface area contributed by atoms with Gasteiger partial charge in [0.1, 0.15) is 12.3 Å². The first-order chi connectivity index (χ1) is 8.76. The molecule has 0 radical (unpaired) electrons. The molecule has 1 aromatic carbocycles. The quantitative estimate of drug-likeness (QED) is 0.533. The zero-order chi connectivity index (χ0) is 14.6. The second-order valence-electron chi connectivity index (χ2n) is 3.66. The number of benzene rings is 1. The van der Waals surface area contributed by atoms with Crippen molar-refractivity contribution in [2.75, 3.05) is 18.5 Å². The second kappa shape index (κ2) is 5.57. The lowest BCUT2D eigenvalue weighted by Crippen LogP contribution is -2.31. The van der Waals surface area contributed by atoms with Crippen LogP contribution in [0.1, 0.15) is 10.4 Å². The van der Waals surface area contributed by atoms with Gasteiger partial charge in [0.25, 0.3) is 11.6 Å². The zero-order valence-electron chi connectivity index (χ0n) is 9.47. The van der Waals surface area contributed by atoms with Crippen molar-refractivity contribution in [3.8, 4) is 0 Å². The van der Waals surface area contributed by atoms with Crippen LogP contribution in [0.4, 0.5) is 20.2 Å². The van der Waals surface area contributed by atoms with Gasteiger partial charge in [0.05, 0.1) is 17.0 Å². The molecule has 0 saturated heterocycles. The Balaban J connectivity index is 3.04. The maximum Gasteiger partial charge on any atom is 0.335 e. The van der Waals surface area contributed by atoms with Crippen LogP contribution in [0, 0.1) is 10.1 Å². The fourth-order valence-corrected chi connectivity index (χ4v) is 1.25. The van der Waals surface area contributed by atoms with Crippen LogP contribution in [-0.2, 0) is 0 Å². The van der Waals surface area contributed by atoms with Gasteiger partial charge in [0.2, 0.25) is 0 Å². The van der Waals surface area contributed by atoms with Gasteiger partial charge in [-0.15, -0.1) is 0 Å². The van der Waals surface area contributed by atoms with Crippen LogP contribution in [0.5, 0.6) is 0 Å². The summed E-state index contributed by atoms with van der Waals surface area (Å²) in [5.74, 6) is -4.81. The molecule has 0 fully saturated rings. The maximum atomic E-state index is 12.8. The molecule has 0 atom stereocenters. The van der Waals surface area contributed by atoms with Crippen LogP contribution < -0.4 is 5.32 Å². The molecule has 0 aliphatic heterocycles. The number of hydrogen-bond donors (Lipinski definition) is 3. The van der Waals surface area contributed by atoms with Crippen molar-refractivity contribution < 1.29 is 28.7 Å². The second-order valence-corrected chi connectivity index (χ2v) is 3.66. The van der Waals surface area contributed by atoms with Gasteiger partial charge in [-0.3, -0.25) is 10.1 Å². The summed E-state index contributed by atoms with van der Waals surface area (Å²) in [4.78, 5) is 20.6. The number of carboxylic acid groups (broad SMARTS) is 1. The third-order valence-corrected chi connectivity index (χ3v) is 2.21. The van der Waals surface area contributed by atoms with Crippen molar-refractivity contribution in [3.05, 3.63) is 33.9 Å². The van der Waals surface area contributed by atoms with Gasteiger partial charge in [0, 0.05) is 6.07 Å². The Kier molecular flexibility index (Phi) is 4.33. The molecule has 19 heavy (non-hydrogen) atoms. The molecule has 0 spiro atoms. The Labute approximate surface area is 105 Å². The number of halogens is 2. The summed E-state index contributed by atoms with van der Waals surface area (Å²) < 4.78 is 25.7. The number of rotatable bonds is 6. The number of nitro groups is 1. The molecule has 0 amide bonds. The van der Waals surface area contributed by atoms with Gasteiger partial charge in [-0.2, -0.15) is 0 Å². The highest BCUT2D eigenvalue weighted by molar-refractivity contribution is 5.90. The SMILES string of the molecule is O=C(O)c1ccc([N+](=O)[O-])c(NCC(F)(F)CO)c1. The molecule has 3 N–H and O–H groups in total. The van der Waals surface area contributed by atoms with E-state index in [2.05, 4.69) is 5.32 Å². The molecule has 1 aromatic rings. The standard InChI is InChI=1S/C10H10F2N2O5/c11-10(12,5-15)4-13-7-3-6(9(16)17)1-2-8(7)14(18)19/h1-3,13,15H,4-5H2,(H,16,17). The topological polar surface area (TPSA) is 113 Å². The highest BCUT2D eigenvalue weighted by Gasteiger charge is 2.28. The van der Waals surface area contributed by atoms with Crippen LogP contribution in [0.25, 0.3) is 0 Å². The highest BCUT2D eigenvalue weighted by atomic mass is 19.3. The molecule has 7 nitrogen and oxygen atoms in total. The number of nitro benzene ring substituents is 1. The number of nitrogens with zero attached hydrogens (tertiary/aromatic N) is 1. The third-order valence-electron chi connectivity index (χ3n) is 2.21. The van der Waals surface area contributed by atoms with E-state index in [1.165, 1.54) is 0 Å². The number of hydrogen-bond acceptors (Lipinski definition) is 5. The molecule has 9 heteroatoms. The van der Waals surface area contributed by atoms with Crippen molar-refractivity contribution in [2.45, 2.75) is 5.92 Å². The molecule has 0 bridgehead atoms. The van der Waals surface area contributed by atoms with E-state index in [1.807, 2.05) is 0 Å². The number of carbonyl (C=O) groups is 1. The van der Waals surface area contributed by atoms with E-state index in [9.17, 15) is 23.7 Å². The Hall–Kier alpha value is -2.29. The first-order valence-electron chi connectivity index (χ1n) is 5.01. The Morgan fingerprint density at radius 2 is 2.11 bits per heavy atom. The summed E-state index contributed by atoms with van der Waals surface area (Å²) in [7, 11) is 0. The normalized spacial score (nSPS) is 11.1. The minimum absolute atomic E-state index is 0.277. The summed E-state index contributed by atoms with van der Waals surface area (Å²) in [5, 5.41) is 29.8. The van der Waals surface area contributed by atoms with Gasteiger partial charge < -0.3 is 15.5 Å². The van der Waals surface area contributed by atoms with Gasteiger partial charge in [-0.05, 0) is 12.1 Å². The molecule has 0 aromatic heterocycles. The largest absolute Gasteiger partial charge is 0.478 e. The van der Waals surface area contributed by atoms with Crippen LogP contribution in [0.15, 0.2) is 18.2 Å². The van der Waals surface area contributed by atoms with E-state index in [0.717, 1.165) is 18.2 Å². The predicted octanol–water partition coefficient (Wildman–Crippen LogP) is 1.33. The Bertz CT molecular complexity index is 507. The molecular formula is C10H10F2N2O5. The summed E-state index contributed by atoms with van der Waals surface area (Å²) in [6, 6.07) is 2.78. The number of carboxylic acids is 1. The van der Waals surface area contributed by atoms with E-state index in [4.69, 9.17) is 10.2 Å². The monoisotopic (exact) mass is 276 g/mol. The van der Waals surface area contributed by atoms with Crippen LogP contribution in [0.3, 0.4) is 0 Å². The highest BCUT2D eigenvalue weighted by Crippen LogP contribution is 2.26. The average Bonchev–Trinajstić information content (AvgIpc) is 2.35. The summed E-state index contributed by atoms with van der Waals surface area (Å²) in [6.45, 7) is -2.47. The van der Waals surface area contributed by atoms with Crippen LogP contribution >= 0.6 is 0 Å². The summed E-state index contributed by atoms with van der Waals surface area (Å²) in [5.41, 5.74) is -1.16. The minimum Gasteiger partial charge on any atom is -0.478 e. The van der Waals surface area contributed by atoms with E-state index in [-0.39, 0.29) is 11.3 Å². The number of nitrogens with one attached hydrogen (secondary N) is 1. The summed E-state index contributed by atoms with van der Waals surface area (Å²) >= 11 is 0. The minimum atomic E-state index is -3.47. The van der Waals surface area contributed by atoms with Gasteiger partial charge >= 0.3 is 5.97 Å². The van der Waals surface area contributed by atoms with Crippen molar-refractivity contribution in [1.29, 1.82) is 0 Å². The third kappa shape index (κ3) is 3.85. The smallest absolute Gasteiger partial charge is 0.335 e. The first-order valence-corrected chi connectivity index (χ1v) is 5.01. The fraction of sp³-hybridized carbons (Fsp3) is 0.300. The molecule has 0 aliphatic rings. The molecule has 0 saturated carbocycles. The maximum absolute atomic E-state index is 12.8. The van der Waals surface area contributed by atoms with Gasteiger partial charge in [-0.1, -0.05) is 0 Å². The summed E-state index contributed by atoms with van der Waals surface area (Å²) in [6.07, 6.45) is 0. The van der Waals surface area contributed by atoms with E-state index >= 15 is 0 Å². The van der Waals surface area contributed by atoms with E-state index in [0.29, 0.717) is 0 Å². The van der Waals surface area contributed by atoms with Gasteiger partial charge in [-0.25, -0.2) is 13.6 Å². The lowest BCUT2D eigenvalue weighted by Gasteiger charge is -2.15. The van der Waals surface area contributed by atoms with Crippen molar-refractivity contribution in [3.63, 3.8) is 0 Å².